The predicted molar refractivity (Wildman–Crippen MR) is 150 cm³/mol. The summed E-state index contributed by atoms with van der Waals surface area (Å²) in [5.74, 6) is 1.50. The van der Waals surface area contributed by atoms with Crippen molar-refractivity contribution in [3.05, 3.63) is 102 Å². The summed E-state index contributed by atoms with van der Waals surface area (Å²) in [6.45, 7) is 3.86. The van der Waals surface area contributed by atoms with Gasteiger partial charge in [-0.25, -0.2) is 4.68 Å². The Kier molecular flexibility index (Phi) is 7.85. The maximum absolute atomic E-state index is 13.8. The third kappa shape index (κ3) is 5.79. The lowest BCUT2D eigenvalue weighted by atomic mass is 10.1. The molecule has 0 atom stereocenters. The molecule has 0 N–H and O–H groups in total. The Bertz CT molecular complexity index is 1370. The minimum atomic E-state index is -0.0208. The molecule has 1 fully saturated rings. The van der Waals surface area contributed by atoms with E-state index in [1.807, 2.05) is 77.7 Å². The lowest BCUT2D eigenvalue weighted by Gasteiger charge is -2.34. The van der Waals surface area contributed by atoms with Gasteiger partial charge in [-0.1, -0.05) is 42.5 Å². The second kappa shape index (κ2) is 11.8. The molecule has 38 heavy (non-hydrogen) atoms. The van der Waals surface area contributed by atoms with Crippen molar-refractivity contribution < 1.29 is 14.3 Å². The summed E-state index contributed by atoms with van der Waals surface area (Å²) < 4.78 is 12.3. The summed E-state index contributed by atoms with van der Waals surface area (Å²) in [7, 11) is 3.28. The van der Waals surface area contributed by atoms with Gasteiger partial charge in [0.1, 0.15) is 17.2 Å². The summed E-state index contributed by atoms with van der Waals surface area (Å²) in [4.78, 5) is 18.0. The summed E-state index contributed by atoms with van der Waals surface area (Å²) in [6.07, 6.45) is 4.33. The Balaban J connectivity index is 1.33. The maximum atomic E-state index is 13.8. The van der Waals surface area contributed by atoms with Crippen LogP contribution >= 0.6 is 0 Å². The van der Waals surface area contributed by atoms with Crippen molar-refractivity contribution in [1.29, 1.82) is 0 Å². The van der Waals surface area contributed by atoms with Crippen LogP contribution in [0.3, 0.4) is 0 Å². The molecule has 0 saturated carbocycles. The Morgan fingerprint density at radius 1 is 0.842 bits per heavy atom. The second-order valence-corrected chi connectivity index (χ2v) is 9.16. The van der Waals surface area contributed by atoms with Gasteiger partial charge < -0.3 is 14.4 Å². The number of nitrogens with zero attached hydrogens (tertiary/aromatic N) is 4. The van der Waals surface area contributed by atoms with Crippen LogP contribution in [0, 0.1) is 0 Å². The second-order valence-electron chi connectivity index (χ2n) is 9.16. The van der Waals surface area contributed by atoms with Gasteiger partial charge in [0.25, 0.3) is 5.91 Å². The van der Waals surface area contributed by atoms with E-state index in [9.17, 15) is 4.79 Å². The SMILES string of the molecule is COc1ccc(-c2cc(C(=O)N3CCN(CC=Cc4ccccc4)CC3)n(-c3ccc(OC)cc3)n2)cc1. The van der Waals surface area contributed by atoms with E-state index in [0.29, 0.717) is 18.8 Å². The molecule has 2 heterocycles. The molecule has 0 spiro atoms. The topological polar surface area (TPSA) is 59.8 Å². The van der Waals surface area contributed by atoms with Crippen LogP contribution in [0.15, 0.2) is 91.0 Å². The molecule has 3 aromatic carbocycles. The van der Waals surface area contributed by atoms with Crippen LogP contribution in [-0.4, -0.2) is 72.4 Å². The molecule has 0 radical (unpaired) electrons. The minimum Gasteiger partial charge on any atom is -0.497 e. The molecule has 4 aromatic rings. The van der Waals surface area contributed by atoms with Crippen LogP contribution in [0.4, 0.5) is 0 Å². The van der Waals surface area contributed by atoms with Crippen molar-refractivity contribution in [2.75, 3.05) is 46.9 Å². The molecule has 194 valence electrons. The Morgan fingerprint density at radius 2 is 1.47 bits per heavy atom. The number of hydrogen-bond acceptors (Lipinski definition) is 5. The van der Waals surface area contributed by atoms with Gasteiger partial charge in [0, 0.05) is 38.3 Å². The van der Waals surface area contributed by atoms with Gasteiger partial charge in [-0.15, -0.1) is 0 Å². The summed E-state index contributed by atoms with van der Waals surface area (Å²) in [6, 6.07) is 27.5. The summed E-state index contributed by atoms with van der Waals surface area (Å²) in [5, 5.41) is 4.83. The number of methoxy groups -OCH3 is 2. The average Bonchev–Trinajstić information content (AvgIpc) is 3.43. The van der Waals surface area contributed by atoms with Gasteiger partial charge in [-0.05, 0) is 60.2 Å². The van der Waals surface area contributed by atoms with Gasteiger partial charge >= 0.3 is 0 Å². The van der Waals surface area contributed by atoms with Crippen molar-refractivity contribution in [3.63, 3.8) is 0 Å². The highest BCUT2D eigenvalue weighted by Gasteiger charge is 2.26. The van der Waals surface area contributed by atoms with E-state index in [2.05, 4.69) is 29.2 Å². The molecule has 7 heteroatoms. The Labute approximate surface area is 223 Å². The molecular weight excluding hydrogens is 476 g/mol. The zero-order chi connectivity index (χ0) is 26.3. The van der Waals surface area contributed by atoms with Crippen LogP contribution in [0.5, 0.6) is 11.5 Å². The number of rotatable bonds is 8. The molecular formula is C31H32N4O3. The van der Waals surface area contributed by atoms with E-state index in [1.165, 1.54) is 5.56 Å². The van der Waals surface area contributed by atoms with Crippen molar-refractivity contribution in [2.24, 2.45) is 0 Å². The highest BCUT2D eigenvalue weighted by molar-refractivity contribution is 5.94. The first-order valence-electron chi connectivity index (χ1n) is 12.8. The van der Waals surface area contributed by atoms with E-state index in [-0.39, 0.29) is 5.91 Å². The molecule has 0 bridgehead atoms. The number of piperazine rings is 1. The molecule has 1 aromatic heterocycles. The van der Waals surface area contributed by atoms with Crippen LogP contribution in [0.2, 0.25) is 0 Å². The van der Waals surface area contributed by atoms with Gasteiger partial charge in [0.15, 0.2) is 0 Å². The largest absolute Gasteiger partial charge is 0.497 e. The average molecular weight is 509 g/mol. The zero-order valence-corrected chi connectivity index (χ0v) is 21.8. The first kappa shape index (κ1) is 25.3. The van der Waals surface area contributed by atoms with E-state index in [1.54, 1.807) is 18.9 Å². The molecule has 1 amide bonds. The lowest BCUT2D eigenvalue weighted by molar-refractivity contribution is 0.0641. The molecule has 5 rings (SSSR count). The zero-order valence-electron chi connectivity index (χ0n) is 21.8. The fourth-order valence-corrected chi connectivity index (χ4v) is 4.55. The number of aromatic nitrogens is 2. The molecule has 0 unspecified atom stereocenters. The van der Waals surface area contributed by atoms with Crippen LogP contribution in [0.25, 0.3) is 23.0 Å². The predicted octanol–water partition coefficient (Wildman–Crippen LogP) is 5.03. The number of ether oxygens (including phenoxy) is 2. The van der Waals surface area contributed by atoms with Crippen molar-refractivity contribution in [2.45, 2.75) is 0 Å². The molecule has 1 aliphatic rings. The van der Waals surface area contributed by atoms with Gasteiger partial charge in [0.05, 0.1) is 25.6 Å². The van der Waals surface area contributed by atoms with Gasteiger partial charge in [-0.2, -0.15) is 5.10 Å². The van der Waals surface area contributed by atoms with Crippen LogP contribution < -0.4 is 9.47 Å². The fraction of sp³-hybridized carbons (Fsp3) is 0.226. The highest BCUT2D eigenvalue weighted by Crippen LogP contribution is 2.26. The van der Waals surface area contributed by atoms with Crippen LogP contribution in [0.1, 0.15) is 16.1 Å². The number of amides is 1. The third-order valence-electron chi connectivity index (χ3n) is 6.76. The Hall–Kier alpha value is -4.36. The molecule has 7 nitrogen and oxygen atoms in total. The summed E-state index contributed by atoms with van der Waals surface area (Å²) >= 11 is 0. The fourth-order valence-electron chi connectivity index (χ4n) is 4.55. The Morgan fingerprint density at radius 3 is 2.11 bits per heavy atom. The highest BCUT2D eigenvalue weighted by atomic mass is 16.5. The van der Waals surface area contributed by atoms with E-state index in [4.69, 9.17) is 14.6 Å². The van der Waals surface area contributed by atoms with Gasteiger partial charge in [-0.3, -0.25) is 9.69 Å². The van der Waals surface area contributed by atoms with Gasteiger partial charge in [0.2, 0.25) is 0 Å². The maximum Gasteiger partial charge on any atom is 0.272 e. The van der Waals surface area contributed by atoms with Crippen molar-refractivity contribution in [1.82, 2.24) is 19.6 Å². The van der Waals surface area contributed by atoms with Crippen molar-refractivity contribution >= 4 is 12.0 Å². The van der Waals surface area contributed by atoms with Crippen LogP contribution in [-0.2, 0) is 0 Å². The molecule has 1 aliphatic heterocycles. The normalized spacial score (nSPS) is 14.1. The first-order chi connectivity index (χ1) is 18.6. The quantitative estimate of drug-likeness (QED) is 0.334. The number of carbonyl (C=O) groups excluding carboxylic acids is 1. The monoisotopic (exact) mass is 508 g/mol. The number of benzene rings is 3. The lowest BCUT2D eigenvalue weighted by Crippen LogP contribution is -2.49. The molecule has 1 saturated heterocycles. The summed E-state index contributed by atoms with van der Waals surface area (Å²) in [5.41, 5.74) is 4.19. The van der Waals surface area contributed by atoms with Crippen molar-refractivity contribution in [3.8, 4) is 28.4 Å². The van der Waals surface area contributed by atoms with E-state index >= 15 is 0 Å². The first-order valence-corrected chi connectivity index (χ1v) is 12.8. The van der Waals surface area contributed by atoms with E-state index < -0.39 is 0 Å². The van der Waals surface area contributed by atoms with E-state index in [0.717, 1.165) is 48.1 Å². The number of hydrogen-bond donors (Lipinski definition) is 0. The third-order valence-corrected chi connectivity index (χ3v) is 6.76. The minimum absolute atomic E-state index is 0.0208. The standard InChI is InChI=1S/C31H32N4O3/c1-37-27-14-10-25(11-15-27)29-23-30(35(32-29)26-12-16-28(38-2)17-13-26)31(36)34-21-19-33(20-22-34)18-6-9-24-7-4-3-5-8-24/h3-17,23H,18-22H2,1-2H3. The smallest absolute Gasteiger partial charge is 0.272 e. The number of carbonyl (C=O) groups is 1. The molecule has 0 aliphatic carbocycles.